The van der Waals surface area contributed by atoms with Crippen LogP contribution in [0.5, 0.6) is 5.75 Å². The molecule has 8 nitrogen and oxygen atoms in total. The molecule has 0 saturated carbocycles. The number of ether oxygens (including phenoxy) is 1. The van der Waals surface area contributed by atoms with Crippen molar-refractivity contribution < 1.29 is 28.2 Å². The van der Waals surface area contributed by atoms with Crippen molar-refractivity contribution in [2.24, 2.45) is 0 Å². The number of amides is 2. The Morgan fingerprint density at radius 2 is 1.90 bits per heavy atom. The van der Waals surface area contributed by atoms with Gasteiger partial charge in [-0.05, 0) is 42.3 Å². The molecule has 0 aliphatic rings. The lowest BCUT2D eigenvalue weighted by Crippen LogP contribution is -2.49. The molecule has 2 amide bonds. The summed E-state index contributed by atoms with van der Waals surface area (Å²) >= 11 is 0. The molecule has 1 atom stereocenters. The molecule has 1 unspecified atom stereocenters. The minimum absolute atomic E-state index is 0.115. The van der Waals surface area contributed by atoms with Crippen molar-refractivity contribution in [3.63, 3.8) is 0 Å². The number of benzene rings is 2. The van der Waals surface area contributed by atoms with Gasteiger partial charge in [0.2, 0.25) is 5.91 Å². The van der Waals surface area contributed by atoms with Gasteiger partial charge in [-0.2, -0.15) is 0 Å². The Hall–Kier alpha value is -3.72. The summed E-state index contributed by atoms with van der Waals surface area (Å²) in [4.78, 5) is 35.8. The summed E-state index contributed by atoms with van der Waals surface area (Å²) in [5.41, 5.74) is 1.26. The van der Waals surface area contributed by atoms with Crippen LogP contribution >= 0.6 is 0 Å². The molecule has 9 heteroatoms. The van der Waals surface area contributed by atoms with Crippen LogP contribution in [0.4, 0.5) is 4.39 Å². The highest BCUT2D eigenvalue weighted by Crippen LogP contribution is 2.22. The fourth-order valence-electron chi connectivity index (χ4n) is 2.89. The lowest BCUT2D eigenvalue weighted by atomic mass is 10.1. The number of nitrogens with one attached hydrogen (secondary N) is 2. The van der Waals surface area contributed by atoms with Crippen LogP contribution < -0.4 is 21.0 Å². The van der Waals surface area contributed by atoms with Crippen LogP contribution in [0, 0.1) is 12.7 Å². The van der Waals surface area contributed by atoms with Crippen LogP contribution in [-0.2, 0) is 16.1 Å². The second kappa shape index (κ2) is 9.86. The number of carbonyl (C=O) groups is 2. The molecule has 0 aliphatic heterocycles. The quantitative estimate of drug-likeness (QED) is 0.467. The maximum atomic E-state index is 12.9. The molecule has 1 heterocycles. The highest BCUT2D eigenvalue weighted by atomic mass is 19.1. The van der Waals surface area contributed by atoms with Gasteiger partial charge in [0.25, 0.3) is 5.91 Å². The third-order valence-electron chi connectivity index (χ3n) is 4.51. The number of fused-ring (bicyclic) bond motifs is 1. The van der Waals surface area contributed by atoms with Crippen LogP contribution in [0.15, 0.2) is 57.7 Å². The Morgan fingerprint density at radius 3 is 2.61 bits per heavy atom. The van der Waals surface area contributed by atoms with E-state index in [2.05, 4.69) is 10.6 Å². The number of halogens is 1. The fourth-order valence-corrected chi connectivity index (χ4v) is 2.89. The predicted molar refractivity (Wildman–Crippen MR) is 110 cm³/mol. The first-order valence-electron chi connectivity index (χ1n) is 9.45. The van der Waals surface area contributed by atoms with Gasteiger partial charge in [0, 0.05) is 24.1 Å². The average Bonchev–Trinajstić information content (AvgIpc) is 2.75. The maximum Gasteiger partial charge on any atom is 0.336 e. The van der Waals surface area contributed by atoms with E-state index in [0.717, 1.165) is 10.9 Å². The van der Waals surface area contributed by atoms with E-state index >= 15 is 0 Å². The van der Waals surface area contributed by atoms with Crippen molar-refractivity contribution in [2.45, 2.75) is 19.5 Å². The number of aliphatic hydroxyl groups excluding tert-OH is 1. The molecule has 0 spiro atoms. The normalized spacial score (nSPS) is 11.7. The second-order valence-corrected chi connectivity index (χ2v) is 6.84. The van der Waals surface area contributed by atoms with E-state index in [-0.39, 0.29) is 12.4 Å². The summed E-state index contributed by atoms with van der Waals surface area (Å²) in [5, 5.41) is 15.1. The number of aliphatic hydroxyl groups is 1. The van der Waals surface area contributed by atoms with Crippen molar-refractivity contribution in [1.29, 1.82) is 0 Å². The van der Waals surface area contributed by atoms with E-state index < -0.39 is 36.7 Å². The van der Waals surface area contributed by atoms with Gasteiger partial charge in [0.15, 0.2) is 6.61 Å². The SMILES string of the molecule is Cc1cc(=O)oc2cc(OCC(=O)NC(CO)C(=O)NCc3ccc(F)cc3)ccc12. The smallest absolute Gasteiger partial charge is 0.336 e. The minimum Gasteiger partial charge on any atom is -0.484 e. The van der Waals surface area contributed by atoms with E-state index in [9.17, 15) is 23.9 Å². The molecule has 2 aromatic carbocycles. The van der Waals surface area contributed by atoms with Gasteiger partial charge in [-0.3, -0.25) is 9.59 Å². The van der Waals surface area contributed by atoms with E-state index in [1.807, 2.05) is 0 Å². The molecule has 31 heavy (non-hydrogen) atoms. The van der Waals surface area contributed by atoms with Crippen LogP contribution in [0.3, 0.4) is 0 Å². The summed E-state index contributed by atoms with van der Waals surface area (Å²) in [7, 11) is 0. The zero-order valence-corrected chi connectivity index (χ0v) is 16.7. The Balaban J connectivity index is 1.53. The zero-order valence-electron chi connectivity index (χ0n) is 16.7. The van der Waals surface area contributed by atoms with Crippen LogP contribution in [-0.4, -0.2) is 36.2 Å². The second-order valence-electron chi connectivity index (χ2n) is 6.84. The molecule has 0 saturated heterocycles. The van der Waals surface area contributed by atoms with Crippen LogP contribution in [0.25, 0.3) is 11.0 Å². The first-order chi connectivity index (χ1) is 14.9. The van der Waals surface area contributed by atoms with E-state index in [4.69, 9.17) is 9.15 Å². The van der Waals surface area contributed by atoms with Crippen molar-refractivity contribution in [3.8, 4) is 5.75 Å². The first kappa shape index (κ1) is 22.0. The molecule has 1 aromatic heterocycles. The number of hydrogen-bond acceptors (Lipinski definition) is 6. The molecule has 0 radical (unpaired) electrons. The van der Waals surface area contributed by atoms with Crippen molar-refractivity contribution in [3.05, 3.63) is 75.9 Å². The monoisotopic (exact) mass is 428 g/mol. The summed E-state index contributed by atoms with van der Waals surface area (Å²) in [5.74, 6) is -1.30. The topological polar surface area (TPSA) is 118 Å². The molecule has 162 valence electrons. The fraction of sp³-hybridized carbons (Fsp3) is 0.227. The summed E-state index contributed by atoms with van der Waals surface area (Å²) < 4.78 is 23.4. The maximum absolute atomic E-state index is 12.9. The van der Waals surface area contributed by atoms with Gasteiger partial charge in [0.05, 0.1) is 6.61 Å². The van der Waals surface area contributed by atoms with Gasteiger partial charge in [-0.25, -0.2) is 9.18 Å². The van der Waals surface area contributed by atoms with E-state index in [1.54, 1.807) is 19.1 Å². The van der Waals surface area contributed by atoms with Crippen molar-refractivity contribution in [1.82, 2.24) is 10.6 Å². The molecular formula is C22H21FN2O6. The van der Waals surface area contributed by atoms with Crippen LogP contribution in [0.2, 0.25) is 0 Å². The molecule has 0 bridgehead atoms. The van der Waals surface area contributed by atoms with Gasteiger partial charge >= 0.3 is 5.63 Å². The summed E-state index contributed by atoms with van der Waals surface area (Å²) in [6.07, 6.45) is 0. The van der Waals surface area contributed by atoms with Crippen LogP contribution in [0.1, 0.15) is 11.1 Å². The first-order valence-corrected chi connectivity index (χ1v) is 9.45. The summed E-state index contributed by atoms with van der Waals surface area (Å²) in [6, 6.07) is 10.6. The molecule has 0 fully saturated rings. The molecule has 3 N–H and O–H groups in total. The standard InChI is InChI=1S/C22H21FN2O6/c1-13-8-21(28)31-19-9-16(6-7-17(13)19)30-12-20(27)25-18(11-26)22(29)24-10-14-2-4-15(23)5-3-14/h2-9,18,26H,10-12H2,1H3,(H,24,29)(H,25,27). The van der Waals surface area contributed by atoms with Gasteiger partial charge < -0.3 is 24.9 Å². The molecule has 3 rings (SSSR count). The predicted octanol–water partition coefficient (Wildman–Crippen LogP) is 1.41. The van der Waals surface area contributed by atoms with E-state index in [1.165, 1.54) is 36.4 Å². The third kappa shape index (κ3) is 5.89. The highest BCUT2D eigenvalue weighted by molar-refractivity contribution is 5.88. The van der Waals surface area contributed by atoms with E-state index in [0.29, 0.717) is 16.9 Å². The number of hydrogen-bond donors (Lipinski definition) is 3. The molecule has 0 aliphatic carbocycles. The minimum atomic E-state index is -1.17. The lowest BCUT2D eigenvalue weighted by molar-refractivity contribution is -0.131. The van der Waals surface area contributed by atoms with Gasteiger partial charge in [0.1, 0.15) is 23.2 Å². The van der Waals surface area contributed by atoms with Gasteiger partial charge in [-0.1, -0.05) is 12.1 Å². The largest absolute Gasteiger partial charge is 0.484 e. The number of rotatable bonds is 8. The zero-order chi connectivity index (χ0) is 22.4. The average molecular weight is 428 g/mol. The highest BCUT2D eigenvalue weighted by Gasteiger charge is 2.20. The number of aryl methyl sites for hydroxylation is 1. The Labute approximate surface area is 176 Å². The Bertz CT molecular complexity index is 1140. The lowest BCUT2D eigenvalue weighted by Gasteiger charge is -2.16. The number of carbonyl (C=O) groups excluding carboxylic acids is 2. The summed E-state index contributed by atoms with van der Waals surface area (Å²) in [6.45, 7) is 0.873. The third-order valence-corrected chi connectivity index (χ3v) is 4.51. The van der Waals surface area contributed by atoms with Crippen molar-refractivity contribution >= 4 is 22.8 Å². The molecular weight excluding hydrogens is 407 g/mol. The van der Waals surface area contributed by atoms with Gasteiger partial charge in [-0.15, -0.1) is 0 Å². The Kier molecular flexibility index (Phi) is 6.99. The molecule has 3 aromatic rings. The van der Waals surface area contributed by atoms with Crippen molar-refractivity contribution in [2.75, 3.05) is 13.2 Å². The Morgan fingerprint density at radius 1 is 1.16 bits per heavy atom.